The van der Waals surface area contributed by atoms with Crippen LogP contribution < -0.4 is 10.1 Å². The highest BCUT2D eigenvalue weighted by Crippen LogP contribution is 2.28. The molecule has 0 bridgehead atoms. The van der Waals surface area contributed by atoms with E-state index in [0.29, 0.717) is 29.5 Å². The topological polar surface area (TPSA) is 44.8 Å². The fourth-order valence-corrected chi connectivity index (χ4v) is 2.72. The van der Waals surface area contributed by atoms with Gasteiger partial charge in [0.2, 0.25) is 0 Å². The predicted molar refractivity (Wildman–Crippen MR) is 89.9 cm³/mol. The molecule has 0 radical (unpaired) electrons. The Bertz CT molecular complexity index is 535. The van der Waals surface area contributed by atoms with Crippen LogP contribution in [-0.2, 0) is 0 Å². The van der Waals surface area contributed by atoms with Gasteiger partial charge in [0.15, 0.2) is 0 Å². The Balaban J connectivity index is 1.98. The zero-order chi connectivity index (χ0) is 16.3. The zero-order valence-corrected chi connectivity index (χ0v) is 14.4. The first-order valence-electron chi connectivity index (χ1n) is 7.46. The lowest BCUT2D eigenvalue weighted by molar-refractivity contribution is 0.0774. The molecule has 2 amide bonds. The van der Waals surface area contributed by atoms with Gasteiger partial charge in [-0.3, -0.25) is 4.90 Å². The van der Waals surface area contributed by atoms with Crippen molar-refractivity contribution < 1.29 is 9.53 Å². The number of anilines is 1. The van der Waals surface area contributed by atoms with E-state index in [4.69, 9.17) is 16.3 Å². The number of nitrogens with zero attached hydrogens (tertiary/aromatic N) is 2. The maximum absolute atomic E-state index is 12.4. The van der Waals surface area contributed by atoms with E-state index in [1.54, 1.807) is 25.3 Å². The molecule has 5 nitrogen and oxygen atoms in total. The first-order valence-corrected chi connectivity index (χ1v) is 7.83. The van der Waals surface area contributed by atoms with Gasteiger partial charge in [-0.05, 0) is 39.0 Å². The molecule has 0 aliphatic carbocycles. The molecule has 22 heavy (non-hydrogen) atoms. The largest absolute Gasteiger partial charge is 0.495 e. The first-order chi connectivity index (χ1) is 10.3. The number of hydrogen-bond acceptors (Lipinski definition) is 3. The second-order valence-electron chi connectivity index (χ2n) is 6.42. The van der Waals surface area contributed by atoms with Crippen LogP contribution in [0.15, 0.2) is 18.2 Å². The van der Waals surface area contributed by atoms with Gasteiger partial charge in [-0.15, -0.1) is 0 Å². The summed E-state index contributed by atoms with van der Waals surface area (Å²) >= 11 is 5.99. The summed E-state index contributed by atoms with van der Waals surface area (Å²) in [6.07, 6.45) is 0. The van der Waals surface area contributed by atoms with Gasteiger partial charge in [-0.25, -0.2) is 4.79 Å². The van der Waals surface area contributed by atoms with Gasteiger partial charge in [0.25, 0.3) is 0 Å². The van der Waals surface area contributed by atoms with E-state index in [1.165, 1.54) is 0 Å². The summed E-state index contributed by atoms with van der Waals surface area (Å²) in [5.41, 5.74) is 0.733. The van der Waals surface area contributed by atoms with Crippen molar-refractivity contribution in [3.8, 4) is 5.75 Å². The van der Waals surface area contributed by atoms with Crippen LogP contribution in [0.1, 0.15) is 20.8 Å². The van der Waals surface area contributed by atoms with Crippen molar-refractivity contribution in [2.45, 2.75) is 26.3 Å². The van der Waals surface area contributed by atoms with Gasteiger partial charge in [-0.1, -0.05) is 11.6 Å². The Morgan fingerprint density at radius 3 is 2.41 bits per heavy atom. The van der Waals surface area contributed by atoms with Crippen LogP contribution in [0, 0.1) is 0 Å². The molecule has 1 aliphatic heterocycles. The van der Waals surface area contributed by atoms with Crippen LogP contribution >= 0.6 is 11.6 Å². The van der Waals surface area contributed by atoms with E-state index in [0.717, 1.165) is 13.1 Å². The minimum atomic E-state index is -0.117. The van der Waals surface area contributed by atoms with Crippen LogP contribution in [0.5, 0.6) is 5.75 Å². The van der Waals surface area contributed by atoms with Crippen molar-refractivity contribution in [1.29, 1.82) is 0 Å². The highest BCUT2D eigenvalue weighted by Gasteiger charge is 2.28. The van der Waals surface area contributed by atoms with Crippen molar-refractivity contribution in [1.82, 2.24) is 9.80 Å². The summed E-state index contributed by atoms with van der Waals surface area (Å²) in [6, 6.07) is 5.06. The van der Waals surface area contributed by atoms with E-state index in [9.17, 15) is 4.79 Å². The Labute approximate surface area is 137 Å². The Hall–Kier alpha value is -1.46. The molecule has 6 heteroatoms. The number of rotatable bonds is 2. The number of benzene rings is 1. The summed E-state index contributed by atoms with van der Waals surface area (Å²) in [5, 5.41) is 3.45. The second-order valence-corrected chi connectivity index (χ2v) is 6.86. The van der Waals surface area contributed by atoms with E-state index < -0.39 is 0 Å². The van der Waals surface area contributed by atoms with Crippen molar-refractivity contribution in [2.75, 3.05) is 38.6 Å². The Kier molecular flexibility index (Phi) is 5.19. The van der Waals surface area contributed by atoms with Crippen LogP contribution in [-0.4, -0.2) is 54.7 Å². The Morgan fingerprint density at radius 2 is 1.86 bits per heavy atom. The third-order valence-electron chi connectivity index (χ3n) is 3.92. The molecular formula is C16H24ClN3O2. The number of carbonyl (C=O) groups excluding carboxylic acids is 1. The highest BCUT2D eigenvalue weighted by atomic mass is 35.5. The quantitative estimate of drug-likeness (QED) is 0.907. The summed E-state index contributed by atoms with van der Waals surface area (Å²) in [6.45, 7) is 9.77. The molecule has 1 aliphatic rings. The lowest BCUT2D eigenvalue weighted by Crippen LogP contribution is -2.55. The molecule has 122 valence electrons. The molecule has 0 aromatic heterocycles. The molecule has 2 rings (SSSR count). The van der Waals surface area contributed by atoms with Crippen LogP contribution in [0.3, 0.4) is 0 Å². The number of carbonyl (C=O) groups is 1. The number of urea groups is 1. The summed E-state index contributed by atoms with van der Waals surface area (Å²) in [5.74, 6) is 0.603. The van der Waals surface area contributed by atoms with Crippen molar-refractivity contribution >= 4 is 23.3 Å². The number of methoxy groups -OCH3 is 1. The van der Waals surface area contributed by atoms with Gasteiger partial charge >= 0.3 is 6.03 Å². The summed E-state index contributed by atoms with van der Waals surface area (Å²) < 4.78 is 5.25. The van der Waals surface area contributed by atoms with Gasteiger partial charge < -0.3 is 15.0 Å². The SMILES string of the molecule is COc1ccc(Cl)cc1NC(=O)N1CCN(C(C)(C)C)CC1. The molecule has 1 aromatic carbocycles. The fraction of sp³-hybridized carbons (Fsp3) is 0.562. The lowest BCUT2D eigenvalue weighted by atomic mass is 10.1. The fourth-order valence-electron chi connectivity index (χ4n) is 2.55. The number of halogens is 1. The molecule has 1 aromatic rings. The maximum atomic E-state index is 12.4. The summed E-state index contributed by atoms with van der Waals surface area (Å²) in [7, 11) is 1.57. The van der Waals surface area contributed by atoms with Gasteiger partial charge in [-0.2, -0.15) is 0 Å². The molecule has 1 heterocycles. The smallest absolute Gasteiger partial charge is 0.322 e. The molecule has 1 fully saturated rings. The molecular weight excluding hydrogens is 302 g/mol. The average molecular weight is 326 g/mol. The van der Waals surface area contributed by atoms with Crippen molar-refractivity contribution in [3.63, 3.8) is 0 Å². The lowest BCUT2D eigenvalue weighted by Gasteiger charge is -2.42. The predicted octanol–water partition coefficient (Wildman–Crippen LogP) is 3.30. The van der Waals surface area contributed by atoms with Gasteiger partial charge in [0.05, 0.1) is 12.8 Å². The van der Waals surface area contributed by atoms with Crippen LogP contribution in [0.4, 0.5) is 10.5 Å². The minimum Gasteiger partial charge on any atom is -0.495 e. The minimum absolute atomic E-state index is 0.117. The first kappa shape index (κ1) is 16.9. The third kappa shape index (κ3) is 4.05. The normalized spacial score (nSPS) is 16.5. The standard InChI is InChI=1S/C16H24ClN3O2/c1-16(2,3)20-9-7-19(8-10-20)15(21)18-13-11-12(17)5-6-14(13)22-4/h5-6,11H,7-10H2,1-4H3,(H,18,21). The monoisotopic (exact) mass is 325 g/mol. The third-order valence-corrected chi connectivity index (χ3v) is 4.15. The van der Waals surface area contributed by atoms with E-state index in [-0.39, 0.29) is 11.6 Å². The van der Waals surface area contributed by atoms with Gasteiger partial charge in [0.1, 0.15) is 5.75 Å². The molecule has 0 saturated carbocycles. The molecule has 0 atom stereocenters. The molecule has 1 saturated heterocycles. The van der Waals surface area contributed by atoms with Crippen LogP contribution in [0.25, 0.3) is 0 Å². The number of piperazine rings is 1. The summed E-state index contributed by atoms with van der Waals surface area (Å²) in [4.78, 5) is 16.6. The number of amides is 2. The van der Waals surface area contributed by atoms with Crippen LogP contribution in [0.2, 0.25) is 5.02 Å². The molecule has 1 N–H and O–H groups in total. The van der Waals surface area contributed by atoms with E-state index in [1.807, 2.05) is 4.90 Å². The highest BCUT2D eigenvalue weighted by molar-refractivity contribution is 6.31. The van der Waals surface area contributed by atoms with Crippen molar-refractivity contribution in [2.24, 2.45) is 0 Å². The number of nitrogens with one attached hydrogen (secondary N) is 1. The number of hydrogen-bond donors (Lipinski definition) is 1. The van der Waals surface area contributed by atoms with Crippen molar-refractivity contribution in [3.05, 3.63) is 23.2 Å². The number of ether oxygens (including phenoxy) is 1. The van der Waals surface area contributed by atoms with Gasteiger partial charge in [0, 0.05) is 36.7 Å². The molecule has 0 spiro atoms. The maximum Gasteiger partial charge on any atom is 0.322 e. The Morgan fingerprint density at radius 1 is 1.23 bits per heavy atom. The van der Waals surface area contributed by atoms with E-state index >= 15 is 0 Å². The molecule has 0 unspecified atom stereocenters. The van der Waals surface area contributed by atoms with E-state index in [2.05, 4.69) is 31.0 Å². The second kappa shape index (κ2) is 6.75. The average Bonchev–Trinajstić information content (AvgIpc) is 2.46. The zero-order valence-electron chi connectivity index (χ0n) is 13.6.